The lowest BCUT2D eigenvalue weighted by Gasteiger charge is -2.05. The Kier molecular flexibility index (Phi) is 2.75. The van der Waals surface area contributed by atoms with E-state index in [-0.39, 0.29) is 10.5 Å². The Labute approximate surface area is 91.6 Å². The largest absolute Gasteiger partial charge is 0.380 e. The number of aromatic nitrogens is 1. The van der Waals surface area contributed by atoms with Crippen LogP contribution in [-0.4, -0.2) is 12.1 Å². The van der Waals surface area contributed by atoms with Crippen molar-refractivity contribution in [3.8, 4) is 0 Å². The highest BCUT2D eigenvalue weighted by Gasteiger charge is 2.06. The molecule has 1 aromatic carbocycles. The molecule has 2 rings (SSSR count). The summed E-state index contributed by atoms with van der Waals surface area (Å²) in [6.45, 7) is 0.467. The lowest BCUT2D eigenvalue weighted by Crippen LogP contribution is -2.04. The van der Waals surface area contributed by atoms with Gasteiger partial charge < -0.3 is 9.72 Å². The van der Waals surface area contributed by atoms with Crippen LogP contribution in [0.2, 0.25) is 5.02 Å². The van der Waals surface area contributed by atoms with E-state index >= 15 is 0 Å². The highest BCUT2D eigenvalue weighted by molar-refractivity contribution is 6.31. The Morgan fingerprint density at radius 2 is 2.27 bits per heavy atom. The van der Waals surface area contributed by atoms with Gasteiger partial charge in [0.25, 0.3) is 0 Å². The monoisotopic (exact) mass is 223 g/mol. The summed E-state index contributed by atoms with van der Waals surface area (Å²) >= 11 is 5.74. The number of ether oxygens (including phenoxy) is 1. The van der Waals surface area contributed by atoms with Gasteiger partial charge in [-0.3, -0.25) is 4.79 Å². The van der Waals surface area contributed by atoms with Crippen molar-refractivity contribution in [2.45, 2.75) is 6.61 Å². The van der Waals surface area contributed by atoms with E-state index in [0.717, 1.165) is 11.1 Å². The van der Waals surface area contributed by atoms with Crippen molar-refractivity contribution in [2.24, 2.45) is 0 Å². The molecule has 15 heavy (non-hydrogen) atoms. The Morgan fingerprint density at radius 3 is 3.00 bits per heavy atom. The molecule has 0 unspecified atom stereocenters. The van der Waals surface area contributed by atoms with Crippen LogP contribution < -0.4 is 5.43 Å². The number of fused-ring (bicyclic) bond motifs is 1. The number of H-pyrrole nitrogens is 1. The first-order valence-electron chi connectivity index (χ1n) is 4.51. The minimum atomic E-state index is -0.150. The number of halogens is 1. The third kappa shape index (κ3) is 1.76. The molecule has 0 radical (unpaired) electrons. The number of methoxy groups -OCH3 is 1. The fourth-order valence-corrected chi connectivity index (χ4v) is 1.72. The standard InChI is InChI=1S/C11H10ClNO2/c1-15-6-7-3-2-4-8-10(7)13-5-9(12)11(8)14/h2-5H,6H2,1H3,(H,13,14). The van der Waals surface area contributed by atoms with Crippen molar-refractivity contribution >= 4 is 22.5 Å². The molecule has 2 aromatic rings. The van der Waals surface area contributed by atoms with E-state index in [1.165, 1.54) is 6.20 Å². The molecule has 0 fully saturated rings. The number of hydrogen-bond acceptors (Lipinski definition) is 2. The summed E-state index contributed by atoms with van der Waals surface area (Å²) in [6.07, 6.45) is 1.51. The maximum Gasteiger partial charge on any atom is 0.207 e. The van der Waals surface area contributed by atoms with Gasteiger partial charge in [0.15, 0.2) is 0 Å². The topological polar surface area (TPSA) is 42.1 Å². The van der Waals surface area contributed by atoms with Gasteiger partial charge in [0.2, 0.25) is 5.43 Å². The molecule has 0 aliphatic rings. The molecular weight excluding hydrogens is 214 g/mol. The predicted octanol–water partition coefficient (Wildman–Crippen LogP) is 2.33. The molecule has 0 atom stereocenters. The number of benzene rings is 1. The molecule has 4 heteroatoms. The average molecular weight is 224 g/mol. The predicted molar refractivity (Wildman–Crippen MR) is 60.3 cm³/mol. The first-order chi connectivity index (χ1) is 7.24. The van der Waals surface area contributed by atoms with Crippen LogP contribution in [0.4, 0.5) is 0 Å². The summed E-state index contributed by atoms with van der Waals surface area (Å²) < 4.78 is 5.05. The van der Waals surface area contributed by atoms with Gasteiger partial charge in [-0.15, -0.1) is 0 Å². The SMILES string of the molecule is COCc1cccc2c(=O)c(Cl)c[nH]c12. The van der Waals surface area contributed by atoms with Crippen molar-refractivity contribution in [1.29, 1.82) is 0 Å². The van der Waals surface area contributed by atoms with Crippen molar-refractivity contribution in [2.75, 3.05) is 7.11 Å². The maximum atomic E-state index is 11.7. The lowest BCUT2D eigenvalue weighted by molar-refractivity contribution is 0.186. The van der Waals surface area contributed by atoms with E-state index in [0.29, 0.717) is 12.0 Å². The number of para-hydroxylation sites is 1. The second kappa shape index (κ2) is 4.04. The number of pyridine rings is 1. The van der Waals surface area contributed by atoms with Gasteiger partial charge in [0.05, 0.1) is 12.1 Å². The molecule has 0 aliphatic heterocycles. The third-order valence-electron chi connectivity index (χ3n) is 2.26. The molecule has 3 nitrogen and oxygen atoms in total. The van der Waals surface area contributed by atoms with E-state index in [1.807, 2.05) is 12.1 Å². The first-order valence-corrected chi connectivity index (χ1v) is 4.89. The Balaban J connectivity index is 2.77. The van der Waals surface area contributed by atoms with Crippen LogP contribution in [0.15, 0.2) is 29.2 Å². The van der Waals surface area contributed by atoms with Crippen molar-refractivity contribution in [3.63, 3.8) is 0 Å². The molecule has 0 aliphatic carbocycles. The second-order valence-electron chi connectivity index (χ2n) is 3.24. The molecule has 1 N–H and O–H groups in total. The molecule has 0 saturated heterocycles. The fraction of sp³-hybridized carbons (Fsp3) is 0.182. The summed E-state index contributed by atoms with van der Waals surface area (Å²) in [4.78, 5) is 14.7. The number of hydrogen-bond donors (Lipinski definition) is 1. The zero-order valence-corrected chi connectivity index (χ0v) is 8.97. The smallest absolute Gasteiger partial charge is 0.207 e. The molecule has 1 aromatic heterocycles. The van der Waals surface area contributed by atoms with Crippen LogP contribution in [0.25, 0.3) is 10.9 Å². The van der Waals surface area contributed by atoms with Gasteiger partial charge >= 0.3 is 0 Å². The van der Waals surface area contributed by atoms with E-state index < -0.39 is 0 Å². The highest BCUT2D eigenvalue weighted by Crippen LogP contribution is 2.15. The molecule has 0 amide bonds. The summed E-state index contributed by atoms with van der Waals surface area (Å²) in [5.41, 5.74) is 1.58. The summed E-state index contributed by atoms with van der Waals surface area (Å²) in [7, 11) is 1.62. The summed E-state index contributed by atoms with van der Waals surface area (Å²) in [5, 5.41) is 0.800. The Bertz CT molecular complexity index is 548. The van der Waals surface area contributed by atoms with E-state index in [9.17, 15) is 4.79 Å². The number of nitrogens with one attached hydrogen (secondary N) is 1. The van der Waals surface area contributed by atoms with Crippen molar-refractivity contribution in [1.82, 2.24) is 4.98 Å². The summed E-state index contributed by atoms with van der Waals surface area (Å²) in [5.74, 6) is 0. The minimum absolute atomic E-state index is 0.150. The van der Waals surface area contributed by atoms with E-state index in [4.69, 9.17) is 16.3 Å². The zero-order valence-electron chi connectivity index (χ0n) is 8.21. The van der Waals surface area contributed by atoms with Crippen LogP contribution in [0.5, 0.6) is 0 Å². The normalized spacial score (nSPS) is 10.8. The van der Waals surface area contributed by atoms with Gasteiger partial charge in [-0.05, 0) is 6.07 Å². The third-order valence-corrected chi connectivity index (χ3v) is 2.54. The quantitative estimate of drug-likeness (QED) is 0.849. The molecule has 78 valence electrons. The van der Waals surface area contributed by atoms with Crippen molar-refractivity contribution < 1.29 is 4.74 Å². The average Bonchev–Trinajstić information content (AvgIpc) is 2.25. The first kappa shape index (κ1) is 10.2. The second-order valence-corrected chi connectivity index (χ2v) is 3.65. The van der Waals surface area contributed by atoms with E-state index in [1.54, 1.807) is 13.2 Å². The van der Waals surface area contributed by atoms with Gasteiger partial charge in [0, 0.05) is 24.3 Å². The van der Waals surface area contributed by atoms with Crippen LogP contribution in [0.3, 0.4) is 0 Å². The number of aromatic amines is 1. The van der Waals surface area contributed by atoms with Gasteiger partial charge in [-0.2, -0.15) is 0 Å². The molecule has 0 spiro atoms. The minimum Gasteiger partial charge on any atom is -0.380 e. The Morgan fingerprint density at radius 1 is 1.47 bits per heavy atom. The Hall–Kier alpha value is -1.32. The van der Waals surface area contributed by atoms with Gasteiger partial charge in [-0.1, -0.05) is 23.7 Å². The molecule has 0 saturated carbocycles. The van der Waals surface area contributed by atoms with Gasteiger partial charge in [-0.25, -0.2) is 0 Å². The zero-order chi connectivity index (χ0) is 10.8. The fourth-order valence-electron chi connectivity index (χ4n) is 1.57. The molecule has 1 heterocycles. The van der Waals surface area contributed by atoms with E-state index in [2.05, 4.69) is 4.98 Å². The van der Waals surface area contributed by atoms with Crippen LogP contribution in [0, 0.1) is 0 Å². The van der Waals surface area contributed by atoms with Crippen LogP contribution in [-0.2, 0) is 11.3 Å². The highest BCUT2D eigenvalue weighted by atomic mass is 35.5. The van der Waals surface area contributed by atoms with Crippen molar-refractivity contribution in [3.05, 3.63) is 45.2 Å². The van der Waals surface area contributed by atoms with Crippen LogP contribution >= 0.6 is 11.6 Å². The number of rotatable bonds is 2. The molecular formula is C11H10ClNO2. The summed E-state index contributed by atoms with van der Waals surface area (Å²) in [6, 6.07) is 5.48. The molecule has 0 bridgehead atoms. The van der Waals surface area contributed by atoms with Crippen LogP contribution in [0.1, 0.15) is 5.56 Å². The lowest BCUT2D eigenvalue weighted by atomic mass is 10.1. The maximum absolute atomic E-state index is 11.7. The van der Waals surface area contributed by atoms with Gasteiger partial charge in [0.1, 0.15) is 5.02 Å².